The van der Waals surface area contributed by atoms with Crippen LogP contribution in [0.1, 0.15) is 30.5 Å². The molecule has 0 bridgehead atoms. The molecule has 5 nitrogen and oxygen atoms in total. The SMILES string of the molecule is CN(CCCCCc1cc(-c2cccc(F)c2)n[nH]1)C(=O)Cc1ccc(N)cc1.Cl. The normalized spacial score (nSPS) is 10.5. The van der Waals surface area contributed by atoms with Gasteiger partial charge in [-0.3, -0.25) is 9.89 Å². The Hall–Kier alpha value is -2.86. The van der Waals surface area contributed by atoms with Crippen LogP contribution < -0.4 is 5.73 Å². The number of amides is 1. The second-order valence-electron chi connectivity index (χ2n) is 7.33. The van der Waals surface area contributed by atoms with Gasteiger partial charge in [0.2, 0.25) is 5.91 Å². The van der Waals surface area contributed by atoms with Gasteiger partial charge < -0.3 is 10.6 Å². The van der Waals surface area contributed by atoms with E-state index in [1.54, 1.807) is 11.0 Å². The molecule has 0 spiro atoms. The molecule has 0 aliphatic rings. The van der Waals surface area contributed by atoms with Crippen molar-refractivity contribution in [1.29, 1.82) is 0 Å². The van der Waals surface area contributed by atoms with Gasteiger partial charge in [0.25, 0.3) is 0 Å². The molecule has 0 fully saturated rings. The second kappa shape index (κ2) is 11.4. The number of aryl methyl sites for hydroxylation is 1. The van der Waals surface area contributed by atoms with Gasteiger partial charge in [-0.1, -0.05) is 30.7 Å². The van der Waals surface area contributed by atoms with Crippen molar-refractivity contribution in [2.24, 2.45) is 0 Å². The number of aromatic amines is 1. The molecule has 3 rings (SSSR count). The lowest BCUT2D eigenvalue weighted by Gasteiger charge is -2.17. The van der Waals surface area contributed by atoms with Crippen LogP contribution in [0.25, 0.3) is 11.3 Å². The predicted octanol–water partition coefficient (Wildman–Crippen LogP) is 4.63. The minimum atomic E-state index is -0.262. The third-order valence-corrected chi connectivity index (χ3v) is 4.95. The molecule has 30 heavy (non-hydrogen) atoms. The molecular weight excluding hydrogens is 403 g/mol. The van der Waals surface area contributed by atoms with Crippen molar-refractivity contribution < 1.29 is 9.18 Å². The maximum Gasteiger partial charge on any atom is 0.226 e. The molecule has 160 valence electrons. The summed E-state index contributed by atoms with van der Waals surface area (Å²) in [7, 11) is 1.85. The quantitative estimate of drug-likeness (QED) is 0.383. The molecule has 0 aliphatic carbocycles. The summed E-state index contributed by atoms with van der Waals surface area (Å²) in [5.74, 6) is -0.148. The van der Waals surface area contributed by atoms with E-state index in [9.17, 15) is 9.18 Å². The highest BCUT2D eigenvalue weighted by atomic mass is 35.5. The first-order valence-corrected chi connectivity index (χ1v) is 9.90. The molecule has 0 atom stereocenters. The molecule has 3 aromatic rings. The van der Waals surface area contributed by atoms with E-state index in [-0.39, 0.29) is 24.1 Å². The van der Waals surface area contributed by atoms with Crippen molar-refractivity contribution in [3.8, 4) is 11.3 Å². The molecule has 0 aliphatic heterocycles. The number of carbonyl (C=O) groups is 1. The highest BCUT2D eigenvalue weighted by Gasteiger charge is 2.10. The third kappa shape index (κ3) is 6.88. The van der Waals surface area contributed by atoms with Crippen molar-refractivity contribution in [1.82, 2.24) is 15.1 Å². The van der Waals surface area contributed by atoms with E-state index < -0.39 is 0 Å². The Bertz CT molecular complexity index is 942. The fourth-order valence-electron chi connectivity index (χ4n) is 3.20. The summed E-state index contributed by atoms with van der Waals surface area (Å²) < 4.78 is 13.3. The van der Waals surface area contributed by atoms with Gasteiger partial charge in [0.15, 0.2) is 0 Å². The maximum atomic E-state index is 13.3. The zero-order chi connectivity index (χ0) is 20.6. The predicted molar refractivity (Wildman–Crippen MR) is 121 cm³/mol. The molecule has 0 saturated heterocycles. The first-order valence-electron chi connectivity index (χ1n) is 9.90. The van der Waals surface area contributed by atoms with Crippen LogP contribution in [-0.4, -0.2) is 34.6 Å². The number of H-pyrrole nitrogens is 1. The summed E-state index contributed by atoms with van der Waals surface area (Å²) >= 11 is 0. The van der Waals surface area contributed by atoms with E-state index in [1.165, 1.54) is 12.1 Å². The van der Waals surface area contributed by atoms with Crippen molar-refractivity contribution in [3.63, 3.8) is 0 Å². The Labute approximate surface area is 182 Å². The summed E-state index contributed by atoms with van der Waals surface area (Å²) in [5, 5.41) is 7.30. The van der Waals surface area contributed by atoms with Crippen molar-refractivity contribution in [2.75, 3.05) is 19.3 Å². The molecule has 0 saturated carbocycles. The van der Waals surface area contributed by atoms with Crippen LogP contribution in [0, 0.1) is 5.82 Å². The third-order valence-electron chi connectivity index (χ3n) is 4.95. The van der Waals surface area contributed by atoms with Gasteiger partial charge >= 0.3 is 0 Å². The molecule has 0 radical (unpaired) electrons. The van der Waals surface area contributed by atoms with Gasteiger partial charge in [-0.15, -0.1) is 12.4 Å². The van der Waals surface area contributed by atoms with E-state index in [0.29, 0.717) is 12.1 Å². The molecular formula is C23H28ClFN4O. The lowest BCUT2D eigenvalue weighted by Crippen LogP contribution is -2.29. The van der Waals surface area contributed by atoms with Crippen LogP contribution in [0.4, 0.5) is 10.1 Å². The minimum absolute atomic E-state index is 0. The number of rotatable bonds is 9. The number of nitrogen functional groups attached to an aromatic ring is 1. The lowest BCUT2D eigenvalue weighted by molar-refractivity contribution is -0.129. The van der Waals surface area contributed by atoms with Gasteiger partial charge in [0.05, 0.1) is 12.1 Å². The number of likely N-dealkylation sites (N-methyl/N-ethyl adjacent to an activating group) is 1. The molecule has 1 heterocycles. The van der Waals surface area contributed by atoms with E-state index in [4.69, 9.17) is 5.73 Å². The fourth-order valence-corrected chi connectivity index (χ4v) is 3.20. The van der Waals surface area contributed by atoms with Gasteiger partial charge in [-0.25, -0.2) is 4.39 Å². The number of nitrogens with two attached hydrogens (primary N) is 1. The maximum absolute atomic E-state index is 13.3. The van der Waals surface area contributed by atoms with E-state index >= 15 is 0 Å². The Morgan fingerprint density at radius 2 is 1.87 bits per heavy atom. The number of halogens is 2. The van der Waals surface area contributed by atoms with Crippen LogP contribution in [0.15, 0.2) is 54.6 Å². The molecule has 3 N–H and O–H groups in total. The summed E-state index contributed by atoms with van der Waals surface area (Å²) in [6, 6.07) is 15.8. The van der Waals surface area contributed by atoms with Crippen LogP contribution in [-0.2, 0) is 17.6 Å². The number of aromatic nitrogens is 2. The van der Waals surface area contributed by atoms with E-state index in [2.05, 4.69) is 10.2 Å². The Kier molecular flexibility index (Phi) is 8.87. The summed E-state index contributed by atoms with van der Waals surface area (Å²) in [5.41, 5.74) is 9.92. The Balaban J connectivity index is 0.00000320. The lowest BCUT2D eigenvalue weighted by atomic mass is 10.1. The average Bonchev–Trinajstić information content (AvgIpc) is 3.18. The highest BCUT2D eigenvalue weighted by molar-refractivity contribution is 5.85. The summed E-state index contributed by atoms with van der Waals surface area (Å²) in [6.45, 7) is 0.741. The molecule has 1 aromatic heterocycles. The van der Waals surface area contributed by atoms with Crippen molar-refractivity contribution in [2.45, 2.75) is 32.1 Å². The zero-order valence-electron chi connectivity index (χ0n) is 17.1. The number of nitrogens with one attached hydrogen (secondary N) is 1. The number of nitrogens with zero attached hydrogens (tertiary/aromatic N) is 2. The van der Waals surface area contributed by atoms with Gasteiger partial charge in [0.1, 0.15) is 5.82 Å². The monoisotopic (exact) mass is 430 g/mol. The Morgan fingerprint density at radius 3 is 2.60 bits per heavy atom. The van der Waals surface area contributed by atoms with Crippen LogP contribution >= 0.6 is 12.4 Å². The van der Waals surface area contributed by atoms with Gasteiger partial charge in [0, 0.05) is 30.5 Å². The number of carbonyl (C=O) groups excluding carboxylic acids is 1. The van der Waals surface area contributed by atoms with E-state index in [0.717, 1.165) is 54.7 Å². The fraction of sp³-hybridized carbons (Fsp3) is 0.304. The zero-order valence-corrected chi connectivity index (χ0v) is 17.9. The number of benzene rings is 2. The van der Waals surface area contributed by atoms with Gasteiger partial charge in [-0.2, -0.15) is 5.10 Å². The van der Waals surface area contributed by atoms with Crippen molar-refractivity contribution in [3.05, 3.63) is 71.7 Å². The molecule has 1 amide bonds. The first-order chi connectivity index (χ1) is 14.0. The highest BCUT2D eigenvalue weighted by Crippen LogP contribution is 2.19. The number of hydrogen-bond donors (Lipinski definition) is 2. The number of unbranched alkanes of at least 4 members (excludes halogenated alkanes) is 2. The van der Waals surface area contributed by atoms with Gasteiger partial charge in [-0.05, 0) is 55.2 Å². The van der Waals surface area contributed by atoms with Crippen molar-refractivity contribution >= 4 is 24.0 Å². The first kappa shape index (κ1) is 23.4. The number of hydrogen-bond acceptors (Lipinski definition) is 3. The van der Waals surface area contributed by atoms with Crippen LogP contribution in [0.2, 0.25) is 0 Å². The standard InChI is InChI=1S/C23H27FN4O.ClH/c1-28(23(29)14-17-9-11-20(25)12-10-17)13-4-2-3-8-21-16-22(27-26-21)18-6-5-7-19(24)15-18;/h5-7,9-12,15-16H,2-4,8,13-14,25H2,1H3,(H,26,27);1H. The summed E-state index contributed by atoms with van der Waals surface area (Å²) in [4.78, 5) is 14.1. The van der Waals surface area contributed by atoms with E-state index in [1.807, 2.05) is 43.4 Å². The van der Waals surface area contributed by atoms with Crippen LogP contribution in [0.5, 0.6) is 0 Å². The second-order valence-corrected chi connectivity index (χ2v) is 7.33. The largest absolute Gasteiger partial charge is 0.399 e. The topological polar surface area (TPSA) is 75.0 Å². The molecule has 7 heteroatoms. The molecule has 2 aromatic carbocycles. The average molecular weight is 431 g/mol. The summed E-state index contributed by atoms with van der Waals surface area (Å²) in [6.07, 6.45) is 4.26. The smallest absolute Gasteiger partial charge is 0.226 e. The minimum Gasteiger partial charge on any atom is -0.399 e. The number of anilines is 1. The molecule has 0 unspecified atom stereocenters. The van der Waals surface area contributed by atoms with Crippen LogP contribution in [0.3, 0.4) is 0 Å². The Morgan fingerprint density at radius 1 is 1.10 bits per heavy atom.